The molecule has 8 heteroatoms. The van der Waals surface area contributed by atoms with E-state index in [0.29, 0.717) is 21.7 Å². The van der Waals surface area contributed by atoms with Gasteiger partial charge < -0.3 is 10.4 Å². The van der Waals surface area contributed by atoms with E-state index in [4.69, 9.17) is 23.2 Å². The van der Waals surface area contributed by atoms with Crippen molar-refractivity contribution >= 4 is 57.6 Å². The number of phenols is 1. The largest absolute Gasteiger partial charge is 0.508 e. The van der Waals surface area contributed by atoms with E-state index >= 15 is 0 Å². The van der Waals surface area contributed by atoms with Crippen LogP contribution in [0.4, 0.5) is 5.69 Å². The molecular weight excluding hydrogens is 333 g/mol. The van der Waals surface area contributed by atoms with E-state index in [-0.39, 0.29) is 16.3 Å². The number of hydrogen-bond donors (Lipinski definition) is 2. The number of nitrogens with one attached hydrogen (secondary N) is 1. The van der Waals surface area contributed by atoms with E-state index in [1.54, 1.807) is 12.1 Å². The van der Waals surface area contributed by atoms with Gasteiger partial charge in [-0.05, 0) is 30.3 Å². The van der Waals surface area contributed by atoms with Crippen LogP contribution in [0.5, 0.6) is 5.75 Å². The highest BCUT2D eigenvalue weighted by molar-refractivity contribution is 7.00. The molecule has 0 aliphatic heterocycles. The number of carbonyl (C=O) groups excluding carboxylic acids is 1. The molecule has 3 rings (SSSR count). The van der Waals surface area contributed by atoms with Gasteiger partial charge in [-0.15, -0.1) is 0 Å². The number of rotatable bonds is 2. The molecule has 0 aliphatic carbocycles. The van der Waals surface area contributed by atoms with Crippen molar-refractivity contribution < 1.29 is 9.90 Å². The van der Waals surface area contributed by atoms with E-state index in [0.717, 1.165) is 11.7 Å². The van der Waals surface area contributed by atoms with Crippen LogP contribution in [0.2, 0.25) is 10.0 Å². The van der Waals surface area contributed by atoms with Gasteiger partial charge in [0.2, 0.25) is 0 Å². The summed E-state index contributed by atoms with van der Waals surface area (Å²) in [6.45, 7) is 0. The highest BCUT2D eigenvalue weighted by Crippen LogP contribution is 2.31. The molecule has 5 nitrogen and oxygen atoms in total. The molecule has 2 N–H and O–H groups in total. The van der Waals surface area contributed by atoms with Crippen LogP contribution in [0, 0.1) is 0 Å². The molecule has 0 spiro atoms. The lowest BCUT2D eigenvalue weighted by Crippen LogP contribution is -2.13. The lowest BCUT2D eigenvalue weighted by molar-refractivity contribution is 0.102. The molecule has 0 radical (unpaired) electrons. The van der Waals surface area contributed by atoms with Gasteiger partial charge in [-0.1, -0.05) is 23.2 Å². The number of halogens is 2. The molecule has 21 heavy (non-hydrogen) atoms. The number of fused-ring (bicyclic) bond motifs is 1. The molecular formula is C13H7Cl2N3O2S. The van der Waals surface area contributed by atoms with Crippen molar-refractivity contribution in [3.05, 3.63) is 45.9 Å². The number of aromatic nitrogens is 2. The van der Waals surface area contributed by atoms with Gasteiger partial charge in [0.25, 0.3) is 5.91 Å². The molecule has 0 bridgehead atoms. The molecule has 0 fully saturated rings. The molecule has 1 amide bonds. The molecule has 0 saturated carbocycles. The van der Waals surface area contributed by atoms with Gasteiger partial charge in [0.1, 0.15) is 16.8 Å². The fourth-order valence-corrected chi connectivity index (χ4v) is 2.76. The van der Waals surface area contributed by atoms with Gasteiger partial charge in [0.05, 0.1) is 33.0 Å². The maximum absolute atomic E-state index is 12.3. The van der Waals surface area contributed by atoms with E-state index in [1.165, 1.54) is 18.2 Å². The SMILES string of the molecule is O=C(Nc1c(Cl)ccc2nsnc12)c1cc(O)ccc1Cl. The first-order valence-corrected chi connectivity index (χ1v) is 7.25. The zero-order chi connectivity index (χ0) is 15.0. The highest BCUT2D eigenvalue weighted by Gasteiger charge is 2.16. The molecule has 0 unspecified atom stereocenters. The van der Waals surface area contributed by atoms with Crippen LogP contribution >= 0.6 is 34.9 Å². The van der Waals surface area contributed by atoms with Gasteiger partial charge in [-0.3, -0.25) is 4.79 Å². The number of nitrogens with zero attached hydrogens (tertiary/aromatic N) is 2. The molecule has 3 aromatic rings. The topological polar surface area (TPSA) is 75.1 Å². The Morgan fingerprint density at radius 1 is 1.14 bits per heavy atom. The predicted octanol–water partition coefficient (Wildman–Crippen LogP) is 3.96. The number of hydrogen-bond acceptors (Lipinski definition) is 5. The summed E-state index contributed by atoms with van der Waals surface area (Å²) in [5.41, 5.74) is 1.67. The van der Waals surface area contributed by atoms with Crippen LogP contribution in [0.15, 0.2) is 30.3 Å². The normalized spacial score (nSPS) is 10.8. The molecule has 0 atom stereocenters. The van der Waals surface area contributed by atoms with Crippen molar-refractivity contribution in [3.63, 3.8) is 0 Å². The summed E-state index contributed by atoms with van der Waals surface area (Å²) in [5, 5.41) is 12.7. The lowest BCUT2D eigenvalue weighted by atomic mass is 10.2. The van der Waals surface area contributed by atoms with Crippen molar-refractivity contribution in [3.8, 4) is 5.75 Å². The van der Waals surface area contributed by atoms with Gasteiger partial charge in [-0.25, -0.2) is 0 Å². The summed E-state index contributed by atoms with van der Waals surface area (Å²) in [4.78, 5) is 12.3. The monoisotopic (exact) mass is 339 g/mol. The van der Waals surface area contributed by atoms with Gasteiger partial charge in [0.15, 0.2) is 0 Å². The number of phenolic OH excluding ortho intramolecular Hbond substituents is 1. The van der Waals surface area contributed by atoms with Crippen molar-refractivity contribution in [1.29, 1.82) is 0 Å². The number of aromatic hydroxyl groups is 1. The second kappa shape index (κ2) is 5.48. The Hall–Kier alpha value is -1.89. The van der Waals surface area contributed by atoms with Gasteiger partial charge >= 0.3 is 0 Å². The molecule has 2 aromatic carbocycles. The second-order valence-corrected chi connectivity index (χ2v) is 5.52. The lowest BCUT2D eigenvalue weighted by Gasteiger charge is -2.09. The average Bonchev–Trinajstić information content (AvgIpc) is 2.93. The second-order valence-electron chi connectivity index (χ2n) is 4.17. The third kappa shape index (κ3) is 2.65. The minimum absolute atomic E-state index is 0.0517. The maximum atomic E-state index is 12.3. The first-order valence-electron chi connectivity index (χ1n) is 5.77. The highest BCUT2D eigenvalue weighted by atomic mass is 35.5. The fraction of sp³-hybridized carbons (Fsp3) is 0. The van der Waals surface area contributed by atoms with Crippen molar-refractivity contribution in [2.24, 2.45) is 0 Å². The third-order valence-electron chi connectivity index (χ3n) is 2.81. The number of amides is 1. The van der Waals surface area contributed by atoms with Crippen molar-refractivity contribution in [2.75, 3.05) is 5.32 Å². The zero-order valence-electron chi connectivity index (χ0n) is 10.3. The molecule has 0 aliphatic rings. The van der Waals surface area contributed by atoms with Crippen molar-refractivity contribution in [2.45, 2.75) is 0 Å². The first kappa shape index (κ1) is 14.1. The van der Waals surface area contributed by atoms with Crippen LogP contribution in [-0.4, -0.2) is 19.8 Å². The Bertz CT molecular complexity index is 851. The number of benzene rings is 2. The van der Waals surface area contributed by atoms with Crippen LogP contribution in [-0.2, 0) is 0 Å². The number of carbonyl (C=O) groups is 1. The van der Waals surface area contributed by atoms with E-state index in [9.17, 15) is 9.90 Å². The van der Waals surface area contributed by atoms with Crippen LogP contribution in [0.1, 0.15) is 10.4 Å². The smallest absolute Gasteiger partial charge is 0.257 e. The van der Waals surface area contributed by atoms with Gasteiger partial charge in [0, 0.05) is 0 Å². The summed E-state index contributed by atoms with van der Waals surface area (Å²) in [7, 11) is 0. The maximum Gasteiger partial charge on any atom is 0.257 e. The minimum atomic E-state index is -0.488. The van der Waals surface area contributed by atoms with Crippen molar-refractivity contribution in [1.82, 2.24) is 8.75 Å². The average molecular weight is 340 g/mol. The predicted molar refractivity (Wildman–Crippen MR) is 83.5 cm³/mol. The molecule has 1 aromatic heterocycles. The Labute approximate surface area is 133 Å². The number of anilines is 1. The van der Waals surface area contributed by atoms with Crippen LogP contribution < -0.4 is 5.32 Å². The van der Waals surface area contributed by atoms with E-state index < -0.39 is 5.91 Å². The van der Waals surface area contributed by atoms with E-state index in [1.807, 2.05) is 0 Å². The molecule has 1 heterocycles. The quantitative estimate of drug-likeness (QED) is 0.741. The first-order chi connectivity index (χ1) is 10.1. The van der Waals surface area contributed by atoms with Crippen LogP contribution in [0.3, 0.4) is 0 Å². The summed E-state index contributed by atoms with van der Waals surface area (Å²) in [6, 6.07) is 7.48. The summed E-state index contributed by atoms with van der Waals surface area (Å²) in [6.07, 6.45) is 0. The zero-order valence-corrected chi connectivity index (χ0v) is 12.6. The Kier molecular flexibility index (Phi) is 3.67. The minimum Gasteiger partial charge on any atom is -0.508 e. The Morgan fingerprint density at radius 2 is 1.90 bits per heavy atom. The summed E-state index contributed by atoms with van der Waals surface area (Å²) >= 11 is 13.1. The Morgan fingerprint density at radius 3 is 2.71 bits per heavy atom. The molecule has 0 saturated heterocycles. The Balaban J connectivity index is 2.02. The van der Waals surface area contributed by atoms with Gasteiger partial charge in [-0.2, -0.15) is 8.75 Å². The van der Waals surface area contributed by atoms with E-state index in [2.05, 4.69) is 14.1 Å². The van der Waals surface area contributed by atoms with Crippen LogP contribution in [0.25, 0.3) is 11.0 Å². The summed E-state index contributed by atoms with van der Waals surface area (Å²) < 4.78 is 8.20. The fourth-order valence-electron chi connectivity index (χ4n) is 1.81. The third-order valence-corrected chi connectivity index (χ3v) is 4.00. The standard InChI is InChI=1S/C13H7Cl2N3O2S/c14-8-2-1-6(19)5-7(8)13(20)16-11-9(15)3-4-10-12(11)18-21-17-10/h1-5,19H,(H,16,20). The summed E-state index contributed by atoms with van der Waals surface area (Å²) in [5.74, 6) is -0.539. The molecule has 106 valence electrons.